The van der Waals surface area contributed by atoms with Crippen LogP contribution in [0.5, 0.6) is 0 Å². The molecular formula is C14H25N3O. The average Bonchev–Trinajstić information content (AvgIpc) is 2.63. The van der Waals surface area contributed by atoms with Gasteiger partial charge in [0.25, 0.3) is 0 Å². The van der Waals surface area contributed by atoms with E-state index in [0.29, 0.717) is 12.1 Å². The molecule has 1 aromatic heterocycles. The van der Waals surface area contributed by atoms with Crippen molar-refractivity contribution in [2.24, 2.45) is 11.1 Å². The number of aromatic nitrogens is 2. The Kier molecular flexibility index (Phi) is 5.08. The molecule has 0 spiro atoms. The van der Waals surface area contributed by atoms with Crippen molar-refractivity contribution < 1.29 is 4.79 Å². The Morgan fingerprint density at radius 2 is 2.17 bits per heavy atom. The van der Waals surface area contributed by atoms with Crippen LogP contribution in [-0.4, -0.2) is 21.6 Å². The third kappa shape index (κ3) is 4.61. The van der Waals surface area contributed by atoms with Crippen LogP contribution in [0.1, 0.15) is 57.4 Å². The molecule has 0 aliphatic rings. The molecule has 1 unspecified atom stereocenters. The van der Waals surface area contributed by atoms with Crippen molar-refractivity contribution in [3.8, 4) is 0 Å². The van der Waals surface area contributed by atoms with E-state index in [1.165, 1.54) is 0 Å². The molecule has 0 bridgehead atoms. The molecule has 0 aliphatic carbocycles. The molecule has 0 fully saturated rings. The molecule has 0 aromatic carbocycles. The van der Waals surface area contributed by atoms with Crippen molar-refractivity contribution >= 4 is 5.78 Å². The van der Waals surface area contributed by atoms with Crippen LogP contribution in [0, 0.1) is 5.41 Å². The first kappa shape index (κ1) is 14.9. The van der Waals surface area contributed by atoms with E-state index in [9.17, 15) is 4.79 Å². The standard InChI is InChI=1S/C14H25N3O/c1-5-8-17-12(6-7-16-17)13(18)9-11(15)10-14(2,3)4/h6-7,11H,5,8-10,15H2,1-4H3. The van der Waals surface area contributed by atoms with Crippen molar-refractivity contribution in [3.05, 3.63) is 18.0 Å². The first-order chi connectivity index (χ1) is 8.33. The van der Waals surface area contributed by atoms with Crippen LogP contribution in [0.2, 0.25) is 0 Å². The van der Waals surface area contributed by atoms with Gasteiger partial charge in [0.05, 0.1) is 0 Å². The van der Waals surface area contributed by atoms with Gasteiger partial charge in [-0.1, -0.05) is 27.7 Å². The summed E-state index contributed by atoms with van der Waals surface area (Å²) in [6, 6.07) is 1.70. The van der Waals surface area contributed by atoms with Crippen LogP contribution in [0.4, 0.5) is 0 Å². The van der Waals surface area contributed by atoms with E-state index in [1.54, 1.807) is 16.9 Å². The number of nitrogens with zero attached hydrogens (tertiary/aromatic N) is 2. The SMILES string of the molecule is CCCn1nccc1C(=O)CC(N)CC(C)(C)C. The number of hydrogen-bond acceptors (Lipinski definition) is 3. The maximum absolute atomic E-state index is 12.2. The Hall–Kier alpha value is -1.16. The van der Waals surface area contributed by atoms with Crippen LogP contribution >= 0.6 is 0 Å². The number of nitrogens with two attached hydrogens (primary N) is 1. The second kappa shape index (κ2) is 6.14. The number of hydrogen-bond donors (Lipinski definition) is 1. The number of carbonyl (C=O) groups is 1. The lowest BCUT2D eigenvalue weighted by molar-refractivity contribution is 0.0957. The van der Waals surface area contributed by atoms with Gasteiger partial charge in [0, 0.05) is 25.2 Å². The molecule has 4 heteroatoms. The number of ketones is 1. The van der Waals surface area contributed by atoms with Gasteiger partial charge in [0.1, 0.15) is 5.69 Å². The summed E-state index contributed by atoms with van der Waals surface area (Å²) >= 11 is 0. The van der Waals surface area contributed by atoms with E-state index in [4.69, 9.17) is 5.73 Å². The predicted molar refractivity (Wildman–Crippen MR) is 73.5 cm³/mol. The summed E-state index contributed by atoms with van der Waals surface area (Å²) in [5.41, 5.74) is 6.88. The van der Waals surface area contributed by atoms with Crippen molar-refractivity contribution in [3.63, 3.8) is 0 Å². The first-order valence-corrected chi connectivity index (χ1v) is 6.64. The molecule has 18 heavy (non-hydrogen) atoms. The van der Waals surface area contributed by atoms with Gasteiger partial charge in [-0.25, -0.2) is 0 Å². The zero-order chi connectivity index (χ0) is 13.8. The van der Waals surface area contributed by atoms with E-state index < -0.39 is 0 Å². The molecule has 2 N–H and O–H groups in total. The van der Waals surface area contributed by atoms with E-state index >= 15 is 0 Å². The minimum absolute atomic E-state index is 0.0810. The van der Waals surface area contributed by atoms with Gasteiger partial charge in [-0.15, -0.1) is 0 Å². The van der Waals surface area contributed by atoms with Gasteiger partial charge in [-0.2, -0.15) is 5.10 Å². The summed E-state index contributed by atoms with van der Waals surface area (Å²) in [6.07, 6.45) is 3.89. The predicted octanol–water partition coefficient (Wildman–Crippen LogP) is 2.63. The molecule has 102 valence electrons. The zero-order valence-corrected chi connectivity index (χ0v) is 11.9. The summed E-state index contributed by atoms with van der Waals surface area (Å²) in [6.45, 7) is 9.26. The number of carbonyl (C=O) groups excluding carboxylic acids is 1. The topological polar surface area (TPSA) is 60.9 Å². The smallest absolute Gasteiger partial charge is 0.182 e. The lowest BCUT2D eigenvalue weighted by Gasteiger charge is -2.22. The number of aryl methyl sites for hydroxylation is 1. The minimum Gasteiger partial charge on any atom is -0.327 e. The van der Waals surface area contributed by atoms with E-state index in [1.807, 2.05) is 0 Å². The van der Waals surface area contributed by atoms with Crippen molar-refractivity contribution in [2.45, 2.75) is 59.5 Å². The molecule has 4 nitrogen and oxygen atoms in total. The Morgan fingerprint density at radius 1 is 1.50 bits per heavy atom. The maximum atomic E-state index is 12.2. The quantitative estimate of drug-likeness (QED) is 0.791. The van der Waals surface area contributed by atoms with Crippen LogP contribution in [0.25, 0.3) is 0 Å². The molecule has 1 rings (SSSR count). The fraction of sp³-hybridized carbons (Fsp3) is 0.714. The first-order valence-electron chi connectivity index (χ1n) is 6.64. The van der Waals surface area contributed by atoms with Crippen molar-refractivity contribution in [1.29, 1.82) is 0 Å². The summed E-state index contributed by atoms with van der Waals surface area (Å²) in [7, 11) is 0. The maximum Gasteiger partial charge on any atom is 0.182 e. The van der Waals surface area contributed by atoms with E-state index in [-0.39, 0.29) is 17.2 Å². The van der Waals surface area contributed by atoms with E-state index in [0.717, 1.165) is 19.4 Å². The Labute approximate surface area is 110 Å². The Morgan fingerprint density at radius 3 is 2.72 bits per heavy atom. The molecule has 0 aliphatic heterocycles. The monoisotopic (exact) mass is 251 g/mol. The summed E-state index contributed by atoms with van der Waals surface area (Å²) in [5, 5.41) is 4.16. The Bertz CT molecular complexity index is 390. The summed E-state index contributed by atoms with van der Waals surface area (Å²) < 4.78 is 1.77. The van der Waals surface area contributed by atoms with Gasteiger partial charge < -0.3 is 5.73 Å². The van der Waals surface area contributed by atoms with Gasteiger partial charge in [0.2, 0.25) is 0 Å². The highest BCUT2D eigenvalue weighted by atomic mass is 16.1. The normalized spacial score (nSPS) is 13.6. The van der Waals surface area contributed by atoms with Gasteiger partial charge in [-0.05, 0) is 24.3 Å². The second-order valence-corrected chi connectivity index (χ2v) is 6.09. The highest BCUT2D eigenvalue weighted by molar-refractivity contribution is 5.94. The van der Waals surface area contributed by atoms with Crippen molar-refractivity contribution in [1.82, 2.24) is 9.78 Å². The molecule has 1 heterocycles. The summed E-state index contributed by atoms with van der Waals surface area (Å²) in [4.78, 5) is 12.2. The lowest BCUT2D eigenvalue weighted by atomic mass is 9.86. The zero-order valence-electron chi connectivity index (χ0n) is 11.9. The van der Waals surface area contributed by atoms with E-state index in [2.05, 4.69) is 32.8 Å². The fourth-order valence-corrected chi connectivity index (χ4v) is 2.16. The Balaban J connectivity index is 2.62. The molecule has 0 saturated carbocycles. The third-order valence-corrected chi connectivity index (χ3v) is 2.76. The average molecular weight is 251 g/mol. The molecular weight excluding hydrogens is 226 g/mol. The van der Waals surface area contributed by atoms with Crippen molar-refractivity contribution in [2.75, 3.05) is 0 Å². The molecule has 1 aromatic rings. The van der Waals surface area contributed by atoms with Gasteiger partial charge >= 0.3 is 0 Å². The minimum atomic E-state index is -0.0810. The molecule has 0 saturated heterocycles. The summed E-state index contributed by atoms with van der Waals surface area (Å²) in [5.74, 6) is 0.0951. The third-order valence-electron chi connectivity index (χ3n) is 2.76. The molecule has 0 radical (unpaired) electrons. The largest absolute Gasteiger partial charge is 0.327 e. The molecule has 0 amide bonds. The van der Waals surface area contributed by atoms with Crippen LogP contribution in [0.3, 0.4) is 0 Å². The fourth-order valence-electron chi connectivity index (χ4n) is 2.16. The number of rotatable bonds is 6. The second-order valence-electron chi connectivity index (χ2n) is 6.09. The van der Waals surface area contributed by atoms with Gasteiger partial charge in [-0.3, -0.25) is 9.48 Å². The van der Waals surface area contributed by atoms with Gasteiger partial charge in [0.15, 0.2) is 5.78 Å². The van der Waals surface area contributed by atoms with Crippen LogP contribution in [0.15, 0.2) is 12.3 Å². The van der Waals surface area contributed by atoms with Crippen LogP contribution in [-0.2, 0) is 6.54 Å². The number of Topliss-reactive ketones (excluding diaryl/α,β-unsaturated/α-hetero) is 1. The lowest BCUT2D eigenvalue weighted by Crippen LogP contribution is -2.29. The molecule has 1 atom stereocenters. The highest BCUT2D eigenvalue weighted by Gasteiger charge is 2.20. The highest BCUT2D eigenvalue weighted by Crippen LogP contribution is 2.21. The van der Waals surface area contributed by atoms with Crippen LogP contribution < -0.4 is 5.73 Å².